The van der Waals surface area contributed by atoms with E-state index in [-0.39, 0.29) is 0 Å². The number of aromatic nitrogens is 2. The van der Waals surface area contributed by atoms with E-state index in [0.717, 1.165) is 23.4 Å². The predicted octanol–water partition coefficient (Wildman–Crippen LogP) is 2.66. The van der Waals surface area contributed by atoms with E-state index in [1.165, 1.54) is 0 Å². The van der Waals surface area contributed by atoms with Crippen molar-refractivity contribution in [2.45, 2.75) is 27.0 Å². The van der Waals surface area contributed by atoms with Crippen LogP contribution in [0.1, 0.15) is 23.6 Å². The fourth-order valence-corrected chi connectivity index (χ4v) is 1.64. The molecule has 0 saturated carbocycles. The van der Waals surface area contributed by atoms with E-state index in [2.05, 4.69) is 11.2 Å². The lowest BCUT2D eigenvalue weighted by molar-refractivity contribution is 0.304. The number of nitriles is 1. The second kappa shape index (κ2) is 5.37. The Labute approximate surface area is 106 Å². The summed E-state index contributed by atoms with van der Waals surface area (Å²) in [5, 5.41) is 13.0. The molecule has 0 fully saturated rings. The third-order valence-electron chi connectivity index (χ3n) is 2.72. The molecule has 4 nitrogen and oxygen atoms in total. The van der Waals surface area contributed by atoms with Crippen molar-refractivity contribution in [2.24, 2.45) is 0 Å². The lowest BCUT2D eigenvalue weighted by atomic mass is 10.1. The summed E-state index contributed by atoms with van der Waals surface area (Å²) in [7, 11) is 0. The normalized spacial score (nSPS) is 10.1. The van der Waals surface area contributed by atoms with Gasteiger partial charge in [-0.3, -0.25) is 4.68 Å². The van der Waals surface area contributed by atoms with Gasteiger partial charge in [-0.2, -0.15) is 10.4 Å². The van der Waals surface area contributed by atoms with Crippen molar-refractivity contribution in [1.29, 1.82) is 5.26 Å². The third-order valence-corrected chi connectivity index (χ3v) is 2.72. The van der Waals surface area contributed by atoms with Crippen LogP contribution in [0.5, 0.6) is 5.75 Å². The minimum absolute atomic E-state index is 0.468. The van der Waals surface area contributed by atoms with E-state index < -0.39 is 0 Å². The van der Waals surface area contributed by atoms with Gasteiger partial charge < -0.3 is 4.74 Å². The molecule has 1 aromatic heterocycles. The van der Waals surface area contributed by atoms with Crippen LogP contribution in [0, 0.1) is 18.3 Å². The van der Waals surface area contributed by atoms with Crippen LogP contribution in [-0.2, 0) is 13.2 Å². The molecule has 0 amide bonds. The van der Waals surface area contributed by atoms with Gasteiger partial charge in [0.05, 0.1) is 17.8 Å². The van der Waals surface area contributed by atoms with Crippen LogP contribution >= 0.6 is 0 Å². The molecule has 0 atom stereocenters. The summed E-state index contributed by atoms with van der Waals surface area (Å²) in [6.45, 7) is 5.32. The first-order valence-corrected chi connectivity index (χ1v) is 5.88. The Morgan fingerprint density at radius 1 is 1.44 bits per heavy atom. The van der Waals surface area contributed by atoms with Crippen LogP contribution in [0.4, 0.5) is 0 Å². The zero-order valence-corrected chi connectivity index (χ0v) is 10.6. The summed E-state index contributed by atoms with van der Waals surface area (Å²) < 4.78 is 7.58. The number of aryl methyl sites for hydroxylation is 2. The Balaban J connectivity index is 2.08. The van der Waals surface area contributed by atoms with Crippen LogP contribution in [0.2, 0.25) is 0 Å². The number of rotatable bonds is 4. The van der Waals surface area contributed by atoms with E-state index in [1.807, 2.05) is 30.8 Å². The average Bonchev–Trinajstić information content (AvgIpc) is 2.86. The molecule has 0 saturated heterocycles. The number of ether oxygens (including phenoxy) is 1. The quantitative estimate of drug-likeness (QED) is 0.826. The first-order chi connectivity index (χ1) is 8.72. The van der Waals surface area contributed by atoms with Crippen molar-refractivity contribution in [3.05, 3.63) is 47.3 Å². The largest absolute Gasteiger partial charge is 0.488 e. The Kier molecular flexibility index (Phi) is 3.63. The van der Waals surface area contributed by atoms with Gasteiger partial charge in [0.25, 0.3) is 0 Å². The van der Waals surface area contributed by atoms with Gasteiger partial charge in [0, 0.05) is 18.3 Å². The lowest BCUT2D eigenvalue weighted by Gasteiger charge is -2.08. The molecular weight excluding hydrogens is 226 g/mol. The minimum Gasteiger partial charge on any atom is -0.488 e. The maximum atomic E-state index is 8.85. The Morgan fingerprint density at radius 3 is 2.94 bits per heavy atom. The smallest absolute Gasteiger partial charge is 0.124 e. The molecule has 4 heteroatoms. The highest BCUT2D eigenvalue weighted by atomic mass is 16.5. The first-order valence-electron chi connectivity index (χ1n) is 5.88. The summed E-state index contributed by atoms with van der Waals surface area (Å²) in [5.74, 6) is 0.748. The van der Waals surface area contributed by atoms with Crippen molar-refractivity contribution in [1.82, 2.24) is 9.78 Å². The standard InChI is InChI=1S/C14H15N3O/c1-3-17-9-13(8-16-17)10-18-14-6-12(7-15)5-4-11(14)2/h4-6,8-9H,3,10H2,1-2H3. The predicted molar refractivity (Wildman–Crippen MR) is 68.1 cm³/mol. The molecule has 0 bridgehead atoms. The third kappa shape index (κ3) is 2.69. The molecule has 0 radical (unpaired) electrons. The molecule has 18 heavy (non-hydrogen) atoms. The van der Waals surface area contributed by atoms with E-state index in [0.29, 0.717) is 12.2 Å². The van der Waals surface area contributed by atoms with Crippen LogP contribution in [0.25, 0.3) is 0 Å². The Hall–Kier alpha value is -2.28. The van der Waals surface area contributed by atoms with E-state index in [1.54, 1.807) is 18.3 Å². The van der Waals surface area contributed by atoms with Crippen molar-refractivity contribution >= 4 is 0 Å². The molecule has 1 aromatic carbocycles. The summed E-state index contributed by atoms with van der Waals surface area (Å²) >= 11 is 0. The summed E-state index contributed by atoms with van der Waals surface area (Å²) in [5.41, 5.74) is 2.66. The molecule has 0 aliphatic heterocycles. The van der Waals surface area contributed by atoms with E-state index >= 15 is 0 Å². The molecule has 0 aliphatic rings. The first kappa shape index (κ1) is 12.2. The second-order valence-corrected chi connectivity index (χ2v) is 4.09. The highest BCUT2D eigenvalue weighted by Gasteiger charge is 2.03. The number of hydrogen-bond acceptors (Lipinski definition) is 3. The highest BCUT2D eigenvalue weighted by molar-refractivity contribution is 5.41. The molecule has 0 N–H and O–H groups in total. The van der Waals surface area contributed by atoms with Gasteiger partial charge in [-0.1, -0.05) is 6.07 Å². The molecule has 0 spiro atoms. The maximum Gasteiger partial charge on any atom is 0.124 e. The molecule has 2 aromatic rings. The fourth-order valence-electron chi connectivity index (χ4n) is 1.64. The number of nitrogens with zero attached hydrogens (tertiary/aromatic N) is 3. The van der Waals surface area contributed by atoms with Crippen molar-refractivity contribution < 1.29 is 4.74 Å². The SMILES string of the molecule is CCn1cc(COc2cc(C#N)ccc2C)cn1. The zero-order chi connectivity index (χ0) is 13.0. The van der Waals surface area contributed by atoms with E-state index in [4.69, 9.17) is 10.00 Å². The summed E-state index contributed by atoms with van der Waals surface area (Å²) in [6.07, 6.45) is 3.76. The fraction of sp³-hybridized carbons (Fsp3) is 0.286. The maximum absolute atomic E-state index is 8.85. The van der Waals surface area contributed by atoms with Crippen molar-refractivity contribution in [3.63, 3.8) is 0 Å². The van der Waals surface area contributed by atoms with Gasteiger partial charge in [0.2, 0.25) is 0 Å². The molecule has 2 rings (SSSR count). The monoisotopic (exact) mass is 241 g/mol. The molecular formula is C14H15N3O. The van der Waals surface area contributed by atoms with Crippen molar-refractivity contribution in [2.75, 3.05) is 0 Å². The zero-order valence-electron chi connectivity index (χ0n) is 10.6. The van der Waals surface area contributed by atoms with Crippen LogP contribution in [0.3, 0.4) is 0 Å². The van der Waals surface area contributed by atoms with Gasteiger partial charge in [0.15, 0.2) is 0 Å². The van der Waals surface area contributed by atoms with Gasteiger partial charge in [-0.05, 0) is 31.5 Å². The number of benzene rings is 1. The van der Waals surface area contributed by atoms with Crippen molar-refractivity contribution in [3.8, 4) is 11.8 Å². The summed E-state index contributed by atoms with van der Waals surface area (Å²) in [6, 6.07) is 7.55. The van der Waals surface area contributed by atoms with E-state index in [9.17, 15) is 0 Å². The van der Waals surface area contributed by atoms with Gasteiger partial charge >= 0.3 is 0 Å². The molecule has 0 unspecified atom stereocenters. The lowest BCUT2D eigenvalue weighted by Crippen LogP contribution is -1.97. The van der Waals surface area contributed by atoms with Gasteiger partial charge in [0.1, 0.15) is 12.4 Å². The average molecular weight is 241 g/mol. The summed E-state index contributed by atoms with van der Waals surface area (Å²) in [4.78, 5) is 0. The second-order valence-electron chi connectivity index (χ2n) is 4.09. The molecule has 0 aliphatic carbocycles. The minimum atomic E-state index is 0.468. The Morgan fingerprint density at radius 2 is 2.28 bits per heavy atom. The van der Waals surface area contributed by atoms with Crippen LogP contribution in [0.15, 0.2) is 30.6 Å². The highest BCUT2D eigenvalue weighted by Crippen LogP contribution is 2.20. The topological polar surface area (TPSA) is 50.8 Å². The number of hydrogen-bond donors (Lipinski definition) is 0. The van der Waals surface area contributed by atoms with Crippen LogP contribution < -0.4 is 4.74 Å². The Bertz CT molecular complexity index is 581. The van der Waals surface area contributed by atoms with Gasteiger partial charge in [-0.25, -0.2) is 0 Å². The van der Waals surface area contributed by atoms with Crippen LogP contribution in [-0.4, -0.2) is 9.78 Å². The molecule has 1 heterocycles. The van der Waals surface area contributed by atoms with Gasteiger partial charge in [-0.15, -0.1) is 0 Å². The molecule has 92 valence electrons.